The predicted octanol–water partition coefficient (Wildman–Crippen LogP) is 4.61. The van der Waals surface area contributed by atoms with Gasteiger partial charge >= 0.3 is 0 Å². The molecule has 2 rings (SSSR count). The van der Waals surface area contributed by atoms with E-state index in [1.165, 1.54) is 5.56 Å². The van der Waals surface area contributed by atoms with Crippen molar-refractivity contribution in [1.82, 2.24) is 0 Å². The van der Waals surface area contributed by atoms with Crippen LogP contribution >= 0.6 is 0 Å². The van der Waals surface area contributed by atoms with Crippen LogP contribution in [0.25, 0.3) is 0 Å². The largest absolute Gasteiger partial charge is 0.399 e. The van der Waals surface area contributed by atoms with Crippen molar-refractivity contribution in [3.05, 3.63) is 59.7 Å². The second-order valence-corrected chi connectivity index (χ2v) is 3.96. The Balaban J connectivity index is 0. The van der Waals surface area contributed by atoms with Gasteiger partial charge in [0.25, 0.3) is 0 Å². The number of aryl methyl sites for hydroxylation is 1. The van der Waals surface area contributed by atoms with Crippen LogP contribution in [-0.2, 0) is 13.0 Å². The summed E-state index contributed by atoms with van der Waals surface area (Å²) < 4.78 is 0. The molecule has 0 spiro atoms. The lowest BCUT2D eigenvalue weighted by Gasteiger charge is -1.98. The number of nitrogens with two attached hydrogens (primary N) is 3. The average Bonchev–Trinajstić information content (AvgIpc) is 2.60. The molecule has 0 unspecified atom stereocenters. The Morgan fingerprint density at radius 3 is 1.27 bits per heavy atom. The molecule has 0 aliphatic rings. The van der Waals surface area contributed by atoms with E-state index in [1.54, 1.807) is 0 Å². The third-order valence-electron chi connectivity index (χ3n) is 2.71. The molecule has 3 heteroatoms. The van der Waals surface area contributed by atoms with Crippen molar-refractivity contribution < 1.29 is 0 Å². The van der Waals surface area contributed by atoms with Gasteiger partial charge in [0.15, 0.2) is 0 Å². The van der Waals surface area contributed by atoms with Gasteiger partial charge in [-0.15, -0.1) is 0 Å². The molecule has 0 aliphatic carbocycles. The summed E-state index contributed by atoms with van der Waals surface area (Å²) in [6, 6.07) is 15.5. The lowest BCUT2D eigenvalue weighted by molar-refractivity contribution is 1.08. The van der Waals surface area contributed by atoms with Gasteiger partial charge in [0.1, 0.15) is 0 Å². The number of benzene rings is 2. The van der Waals surface area contributed by atoms with E-state index in [1.807, 2.05) is 70.2 Å². The highest BCUT2D eigenvalue weighted by Crippen LogP contribution is 2.09. The molecule has 2 aromatic carbocycles. The van der Waals surface area contributed by atoms with Crippen molar-refractivity contribution in [1.29, 1.82) is 0 Å². The van der Waals surface area contributed by atoms with E-state index >= 15 is 0 Å². The second-order valence-electron chi connectivity index (χ2n) is 3.96. The number of para-hydroxylation sites is 2. The molecule has 22 heavy (non-hydrogen) atoms. The lowest BCUT2D eigenvalue weighted by Crippen LogP contribution is -2.00. The molecule has 124 valence electrons. The second kappa shape index (κ2) is 15.4. The zero-order chi connectivity index (χ0) is 17.4. The summed E-state index contributed by atoms with van der Waals surface area (Å²) in [5, 5.41) is 0. The maximum Gasteiger partial charge on any atom is 0.0359 e. The van der Waals surface area contributed by atoms with Gasteiger partial charge in [0, 0.05) is 17.9 Å². The molecule has 0 atom stereocenters. The minimum atomic E-state index is 0.521. The van der Waals surface area contributed by atoms with Crippen molar-refractivity contribution in [2.45, 2.75) is 47.6 Å². The SMILES string of the molecule is CC.CC.CCc1ccccc1N.NCc1ccccc1N. The monoisotopic (exact) mass is 303 g/mol. The molecule has 3 nitrogen and oxygen atoms in total. The summed E-state index contributed by atoms with van der Waals surface area (Å²) in [7, 11) is 0. The molecule has 0 fully saturated rings. The molecule has 0 aliphatic heterocycles. The number of anilines is 2. The zero-order valence-electron chi connectivity index (χ0n) is 14.8. The van der Waals surface area contributed by atoms with Crippen molar-refractivity contribution in [3.8, 4) is 0 Å². The Labute approximate surface area is 136 Å². The molecular weight excluding hydrogens is 270 g/mol. The average molecular weight is 303 g/mol. The highest BCUT2D eigenvalue weighted by molar-refractivity contribution is 5.46. The Bertz CT molecular complexity index is 436. The number of nitrogen functional groups attached to an aromatic ring is 2. The highest BCUT2D eigenvalue weighted by Gasteiger charge is 1.91. The molecule has 0 radical (unpaired) electrons. The van der Waals surface area contributed by atoms with Gasteiger partial charge in [-0.1, -0.05) is 71.0 Å². The molecule has 0 saturated carbocycles. The third kappa shape index (κ3) is 9.03. The summed E-state index contributed by atoms with van der Waals surface area (Å²) in [4.78, 5) is 0. The number of hydrogen-bond donors (Lipinski definition) is 3. The van der Waals surface area contributed by atoms with E-state index in [2.05, 4.69) is 13.0 Å². The van der Waals surface area contributed by atoms with Crippen LogP contribution in [0.2, 0.25) is 0 Å². The summed E-state index contributed by atoms with van der Waals surface area (Å²) in [5.74, 6) is 0. The van der Waals surface area contributed by atoms with Crippen LogP contribution in [0.15, 0.2) is 48.5 Å². The number of hydrogen-bond acceptors (Lipinski definition) is 3. The van der Waals surface area contributed by atoms with Crippen LogP contribution in [0.3, 0.4) is 0 Å². The highest BCUT2D eigenvalue weighted by atomic mass is 14.6. The van der Waals surface area contributed by atoms with Crippen LogP contribution in [-0.4, -0.2) is 0 Å². The number of rotatable bonds is 2. The van der Waals surface area contributed by atoms with Crippen molar-refractivity contribution >= 4 is 11.4 Å². The fourth-order valence-electron chi connectivity index (χ4n) is 1.58. The lowest BCUT2D eigenvalue weighted by atomic mass is 10.1. The summed E-state index contributed by atoms with van der Waals surface area (Å²) >= 11 is 0. The maximum absolute atomic E-state index is 5.63. The molecule has 0 bridgehead atoms. The van der Waals surface area contributed by atoms with E-state index in [0.717, 1.165) is 23.4 Å². The molecule has 6 N–H and O–H groups in total. The topological polar surface area (TPSA) is 78.1 Å². The third-order valence-corrected chi connectivity index (χ3v) is 2.71. The van der Waals surface area contributed by atoms with E-state index in [9.17, 15) is 0 Å². The first-order valence-corrected chi connectivity index (χ1v) is 8.05. The molecular formula is C19H33N3. The van der Waals surface area contributed by atoms with Crippen molar-refractivity contribution in [3.63, 3.8) is 0 Å². The summed E-state index contributed by atoms with van der Waals surface area (Å²) in [6.07, 6.45) is 1.02. The van der Waals surface area contributed by atoms with Crippen LogP contribution in [0.1, 0.15) is 45.7 Å². The zero-order valence-corrected chi connectivity index (χ0v) is 14.8. The van der Waals surface area contributed by atoms with Gasteiger partial charge in [0.2, 0.25) is 0 Å². The Morgan fingerprint density at radius 1 is 0.682 bits per heavy atom. The van der Waals surface area contributed by atoms with E-state index < -0.39 is 0 Å². The van der Waals surface area contributed by atoms with Crippen LogP contribution in [0.4, 0.5) is 11.4 Å². The van der Waals surface area contributed by atoms with Gasteiger partial charge in [-0.3, -0.25) is 0 Å². The van der Waals surface area contributed by atoms with E-state index in [0.29, 0.717) is 6.54 Å². The standard InChI is InChI=1S/C8H11N.C7H10N2.2C2H6/c1-2-7-5-3-4-6-8(7)9;8-5-6-3-1-2-4-7(6)9;2*1-2/h3-6H,2,9H2,1H3;1-4H,5,8-9H2;2*1-2H3. The van der Waals surface area contributed by atoms with Gasteiger partial charge in [-0.25, -0.2) is 0 Å². The fourth-order valence-corrected chi connectivity index (χ4v) is 1.58. The van der Waals surface area contributed by atoms with Gasteiger partial charge in [-0.2, -0.15) is 0 Å². The minimum absolute atomic E-state index is 0.521. The summed E-state index contributed by atoms with van der Waals surface area (Å²) in [6.45, 7) is 10.6. The fraction of sp³-hybridized carbons (Fsp3) is 0.368. The molecule has 0 amide bonds. The maximum atomic E-state index is 5.63. The van der Waals surface area contributed by atoms with Gasteiger partial charge in [0.05, 0.1) is 0 Å². The summed E-state index contributed by atoms with van der Waals surface area (Å²) in [5.41, 5.74) is 20.5. The van der Waals surface area contributed by atoms with Crippen molar-refractivity contribution in [2.24, 2.45) is 5.73 Å². The van der Waals surface area contributed by atoms with Crippen LogP contribution in [0, 0.1) is 0 Å². The molecule has 0 saturated heterocycles. The predicted molar refractivity (Wildman–Crippen MR) is 102 cm³/mol. The Kier molecular flexibility index (Phi) is 15.6. The first-order valence-electron chi connectivity index (χ1n) is 8.05. The molecule has 0 aromatic heterocycles. The van der Waals surface area contributed by atoms with Gasteiger partial charge in [-0.05, 0) is 29.7 Å². The van der Waals surface area contributed by atoms with Crippen LogP contribution in [0.5, 0.6) is 0 Å². The Morgan fingerprint density at radius 2 is 1.05 bits per heavy atom. The quantitative estimate of drug-likeness (QED) is 0.709. The first kappa shape index (κ1) is 22.3. The van der Waals surface area contributed by atoms with E-state index in [4.69, 9.17) is 17.2 Å². The Hall–Kier alpha value is -2.00. The normalized spacial score (nSPS) is 8.27. The smallest absolute Gasteiger partial charge is 0.0359 e. The first-order chi connectivity index (χ1) is 10.7. The van der Waals surface area contributed by atoms with Crippen molar-refractivity contribution in [2.75, 3.05) is 11.5 Å². The van der Waals surface area contributed by atoms with E-state index in [-0.39, 0.29) is 0 Å². The van der Waals surface area contributed by atoms with Gasteiger partial charge < -0.3 is 17.2 Å². The van der Waals surface area contributed by atoms with Crippen LogP contribution < -0.4 is 17.2 Å². The minimum Gasteiger partial charge on any atom is -0.399 e. The molecule has 0 heterocycles. The molecule has 2 aromatic rings.